The van der Waals surface area contributed by atoms with E-state index >= 15 is 0 Å². The lowest BCUT2D eigenvalue weighted by atomic mass is 10.1. The first-order valence-electron chi connectivity index (χ1n) is 8.76. The zero-order valence-electron chi connectivity index (χ0n) is 14.3. The maximum Gasteiger partial charge on any atom is 0.270 e. The summed E-state index contributed by atoms with van der Waals surface area (Å²) in [6.45, 7) is 2.25. The molecule has 0 atom stereocenters. The first-order valence-corrected chi connectivity index (χ1v) is 8.76. The van der Waals surface area contributed by atoms with E-state index in [0.29, 0.717) is 43.9 Å². The van der Waals surface area contributed by atoms with Crippen molar-refractivity contribution in [2.45, 2.75) is 12.8 Å². The first kappa shape index (κ1) is 16.4. The third kappa shape index (κ3) is 3.08. The summed E-state index contributed by atoms with van der Waals surface area (Å²) in [6, 6.07) is 8.89. The minimum absolute atomic E-state index is 0.0357. The SMILES string of the molecule is O=C1Cc2cc(C(=O)N3CCCN(C(=O)c4ccc[nH]4)CC3)ccc2N1. The van der Waals surface area contributed by atoms with Crippen molar-refractivity contribution in [3.63, 3.8) is 0 Å². The number of aromatic amines is 1. The second-order valence-electron chi connectivity index (χ2n) is 6.62. The van der Waals surface area contributed by atoms with Gasteiger partial charge < -0.3 is 20.1 Å². The Bertz CT molecular complexity index is 860. The summed E-state index contributed by atoms with van der Waals surface area (Å²) < 4.78 is 0. The molecule has 4 rings (SSSR count). The molecule has 1 saturated heterocycles. The van der Waals surface area contributed by atoms with E-state index in [9.17, 15) is 14.4 Å². The summed E-state index contributed by atoms with van der Waals surface area (Å²) in [5.41, 5.74) is 2.80. The van der Waals surface area contributed by atoms with Crippen LogP contribution >= 0.6 is 0 Å². The van der Waals surface area contributed by atoms with Gasteiger partial charge in [0.15, 0.2) is 0 Å². The van der Waals surface area contributed by atoms with Crippen molar-refractivity contribution < 1.29 is 14.4 Å². The number of carbonyl (C=O) groups excluding carboxylic acids is 3. The molecule has 2 aromatic rings. The van der Waals surface area contributed by atoms with Crippen LogP contribution in [0.25, 0.3) is 0 Å². The number of nitrogens with one attached hydrogen (secondary N) is 2. The zero-order chi connectivity index (χ0) is 18.1. The van der Waals surface area contributed by atoms with E-state index in [1.165, 1.54) is 0 Å². The maximum absolute atomic E-state index is 12.9. The molecule has 26 heavy (non-hydrogen) atoms. The molecule has 2 aliphatic rings. The van der Waals surface area contributed by atoms with Gasteiger partial charge in [-0.05, 0) is 42.3 Å². The lowest BCUT2D eigenvalue weighted by molar-refractivity contribution is -0.115. The Morgan fingerprint density at radius 1 is 0.962 bits per heavy atom. The largest absolute Gasteiger partial charge is 0.357 e. The van der Waals surface area contributed by atoms with Crippen LogP contribution in [0, 0.1) is 0 Å². The van der Waals surface area contributed by atoms with Gasteiger partial charge >= 0.3 is 0 Å². The van der Waals surface area contributed by atoms with Gasteiger partial charge in [0.2, 0.25) is 5.91 Å². The van der Waals surface area contributed by atoms with Crippen LogP contribution in [0.1, 0.15) is 32.8 Å². The average molecular weight is 352 g/mol. The van der Waals surface area contributed by atoms with Crippen molar-refractivity contribution in [1.29, 1.82) is 0 Å². The number of aromatic nitrogens is 1. The molecule has 3 heterocycles. The fourth-order valence-electron chi connectivity index (χ4n) is 3.50. The van der Waals surface area contributed by atoms with Crippen molar-refractivity contribution in [3.05, 3.63) is 53.3 Å². The van der Waals surface area contributed by atoms with Crippen molar-refractivity contribution in [1.82, 2.24) is 14.8 Å². The number of nitrogens with zero attached hydrogens (tertiary/aromatic N) is 2. The second kappa shape index (κ2) is 6.67. The van der Waals surface area contributed by atoms with Gasteiger partial charge in [-0.2, -0.15) is 0 Å². The summed E-state index contributed by atoms with van der Waals surface area (Å²) in [5, 5.41) is 2.77. The van der Waals surface area contributed by atoms with Gasteiger partial charge in [-0.15, -0.1) is 0 Å². The third-order valence-corrected chi connectivity index (χ3v) is 4.88. The van der Waals surface area contributed by atoms with Gasteiger partial charge in [-0.1, -0.05) is 0 Å². The molecule has 0 unspecified atom stereocenters. The number of anilines is 1. The van der Waals surface area contributed by atoms with Gasteiger partial charge in [0, 0.05) is 43.6 Å². The number of rotatable bonds is 2. The predicted octanol–water partition coefficient (Wildman–Crippen LogP) is 1.50. The Morgan fingerprint density at radius 2 is 1.73 bits per heavy atom. The first-order chi connectivity index (χ1) is 12.6. The highest BCUT2D eigenvalue weighted by atomic mass is 16.2. The number of carbonyl (C=O) groups is 3. The highest BCUT2D eigenvalue weighted by Crippen LogP contribution is 2.24. The Kier molecular flexibility index (Phi) is 4.20. The summed E-state index contributed by atoms with van der Waals surface area (Å²) in [6.07, 6.45) is 2.78. The highest BCUT2D eigenvalue weighted by Gasteiger charge is 2.25. The maximum atomic E-state index is 12.9. The lowest BCUT2D eigenvalue weighted by Crippen LogP contribution is -2.37. The minimum Gasteiger partial charge on any atom is -0.357 e. The van der Waals surface area contributed by atoms with Gasteiger partial charge in [-0.25, -0.2) is 0 Å². The fraction of sp³-hybridized carbons (Fsp3) is 0.316. The molecule has 0 aliphatic carbocycles. The van der Waals surface area contributed by atoms with E-state index in [1.54, 1.807) is 46.3 Å². The quantitative estimate of drug-likeness (QED) is 0.859. The van der Waals surface area contributed by atoms with Crippen LogP contribution in [0.5, 0.6) is 0 Å². The van der Waals surface area contributed by atoms with E-state index in [4.69, 9.17) is 0 Å². The normalized spacial score (nSPS) is 16.8. The summed E-state index contributed by atoms with van der Waals surface area (Å²) in [5.74, 6) is -0.134. The molecule has 1 aromatic carbocycles. The Morgan fingerprint density at radius 3 is 2.46 bits per heavy atom. The average Bonchev–Trinajstić information content (AvgIpc) is 3.23. The molecular formula is C19H20N4O3. The van der Waals surface area contributed by atoms with E-state index in [0.717, 1.165) is 17.7 Å². The fourth-order valence-corrected chi connectivity index (χ4v) is 3.50. The van der Waals surface area contributed by atoms with Gasteiger partial charge in [0.1, 0.15) is 5.69 Å². The van der Waals surface area contributed by atoms with Gasteiger partial charge in [0.05, 0.1) is 6.42 Å². The monoisotopic (exact) mass is 352 g/mol. The third-order valence-electron chi connectivity index (χ3n) is 4.88. The molecule has 7 heteroatoms. The van der Waals surface area contributed by atoms with Crippen molar-refractivity contribution in [3.8, 4) is 0 Å². The Hall–Kier alpha value is -3.09. The van der Waals surface area contributed by atoms with Gasteiger partial charge in [0.25, 0.3) is 11.8 Å². The zero-order valence-corrected chi connectivity index (χ0v) is 14.3. The van der Waals surface area contributed by atoms with Crippen molar-refractivity contribution in [2.75, 3.05) is 31.5 Å². The minimum atomic E-state index is -0.0543. The van der Waals surface area contributed by atoms with Crippen molar-refractivity contribution in [2.24, 2.45) is 0 Å². The van der Waals surface area contributed by atoms with Crippen molar-refractivity contribution >= 4 is 23.4 Å². The number of H-pyrrole nitrogens is 1. The van der Waals surface area contributed by atoms with E-state index in [-0.39, 0.29) is 17.7 Å². The molecule has 134 valence electrons. The smallest absolute Gasteiger partial charge is 0.270 e. The van der Waals surface area contributed by atoms with Crippen LogP contribution in [0.3, 0.4) is 0 Å². The van der Waals surface area contributed by atoms with Crippen LogP contribution in [-0.4, -0.2) is 58.7 Å². The molecule has 1 fully saturated rings. The molecule has 1 aromatic heterocycles. The van der Waals surface area contributed by atoms with E-state index < -0.39 is 0 Å². The number of fused-ring (bicyclic) bond motifs is 1. The molecule has 2 N–H and O–H groups in total. The van der Waals surface area contributed by atoms with Crippen LogP contribution < -0.4 is 5.32 Å². The summed E-state index contributed by atoms with van der Waals surface area (Å²) >= 11 is 0. The molecular weight excluding hydrogens is 332 g/mol. The van der Waals surface area contributed by atoms with E-state index in [2.05, 4.69) is 10.3 Å². The van der Waals surface area contributed by atoms with Crippen LogP contribution in [0.15, 0.2) is 36.5 Å². The Labute approximate surface area is 151 Å². The van der Waals surface area contributed by atoms with Gasteiger partial charge in [-0.3, -0.25) is 14.4 Å². The molecule has 0 bridgehead atoms. The molecule has 3 amide bonds. The van der Waals surface area contributed by atoms with E-state index in [1.807, 2.05) is 0 Å². The lowest BCUT2D eigenvalue weighted by Gasteiger charge is -2.22. The topological polar surface area (TPSA) is 85.5 Å². The van der Waals surface area contributed by atoms with Crippen LogP contribution in [0.4, 0.5) is 5.69 Å². The number of amides is 3. The molecule has 7 nitrogen and oxygen atoms in total. The van der Waals surface area contributed by atoms with Crippen LogP contribution in [0.2, 0.25) is 0 Å². The molecule has 2 aliphatic heterocycles. The molecule has 0 saturated carbocycles. The summed E-state index contributed by atoms with van der Waals surface area (Å²) in [7, 11) is 0. The standard InChI is InChI=1S/C19H20N4O3/c24-17-12-14-11-13(4-5-15(14)21-17)18(25)22-7-2-8-23(10-9-22)19(26)16-3-1-6-20-16/h1,3-6,11,20H,2,7-10,12H2,(H,21,24). The highest BCUT2D eigenvalue weighted by molar-refractivity contribution is 6.01. The predicted molar refractivity (Wildman–Crippen MR) is 96.0 cm³/mol. The Balaban J connectivity index is 1.44. The number of benzene rings is 1. The number of hydrogen-bond acceptors (Lipinski definition) is 3. The molecule has 0 spiro atoms. The number of hydrogen-bond donors (Lipinski definition) is 2. The summed E-state index contributed by atoms with van der Waals surface area (Å²) in [4.78, 5) is 43.3. The second-order valence-corrected chi connectivity index (χ2v) is 6.62. The molecule has 0 radical (unpaired) electrons. The van der Waals surface area contributed by atoms with Crippen LogP contribution in [-0.2, 0) is 11.2 Å².